The number of nitrogens with two attached hydrogens (primary N) is 1. The van der Waals surface area contributed by atoms with Crippen LogP contribution in [0, 0.1) is 11.3 Å². The lowest BCUT2D eigenvalue weighted by Crippen LogP contribution is -2.44. The van der Waals surface area contributed by atoms with Gasteiger partial charge in [-0.2, -0.15) is 0 Å². The normalized spacial score (nSPS) is 22.9. The molecule has 0 aromatic carbocycles. The van der Waals surface area contributed by atoms with Crippen molar-refractivity contribution in [3.63, 3.8) is 0 Å². The molecule has 1 rings (SSSR count). The van der Waals surface area contributed by atoms with E-state index in [9.17, 15) is 4.79 Å². The summed E-state index contributed by atoms with van der Waals surface area (Å²) in [6.07, 6.45) is 4.20. The van der Waals surface area contributed by atoms with Gasteiger partial charge in [0.2, 0.25) is 5.91 Å². The molecule has 0 bridgehead atoms. The molecule has 0 radical (unpaired) electrons. The van der Waals surface area contributed by atoms with Gasteiger partial charge in [0, 0.05) is 13.1 Å². The lowest BCUT2D eigenvalue weighted by molar-refractivity contribution is -0.132. The predicted octanol–water partition coefficient (Wildman–Crippen LogP) is 2.82. The quantitative estimate of drug-likeness (QED) is 0.843. The minimum Gasteiger partial charge on any atom is -0.341 e. The fraction of sp³-hybridized carbons (Fsp3) is 0.929. The highest BCUT2D eigenvalue weighted by atomic mass is 35.5. The van der Waals surface area contributed by atoms with E-state index in [0.717, 1.165) is 38.3 Å². The summed E-state index contributed by atoms with van der Waals surface area (Å²) < 4.78 is 0. The first-order chi connectivity index (χ1) is 7.86. The van der Waals surface area contributed by atoms with Crippen LogP contribution in [0.1, 0.15) is 53.4 Å². The lowest BCUT2D eigenvalue weighted by Gasteiger charge is -2.30. The van der Waals surface area contributed by atoms with Gasteiger partial charge in [-0.1, -0.05) is 27.7 Å². The second-order valence-electron chi connectivity index (χ2n) is 6.33. The van der Waals surface area contributed by atoms with Gasteiger partial charge in [0.1, 0.15) is 0 Å². The molecule has 1 saturated heterocycles. The number of carbonyl (C=O) groups is 1. The molecule has 108 valence electrons. The topological polar surface area (TPSA) is 46.3 Å². The zero-order chi connectivity index (χ0) is 13.1. The van der Waals surface area contributed by atoms with Crippen molar-refractivity contribution in [1.82, 2.24) is 4.90 Å². The van der Waals surface area contributed by atoms with Crippen molar-refractivity contribution in [2.75, 3.05) is 13.1 Å². The number of hydrogen-bond acceptors (Lipinski definition) is 2. The summed E-state index contributed by atoms with van der Waals surface area (Å²) >= 11 is 0. The van der Waals surface area contributed by atoms with Crippen LogP contribution in [-0.4, -0.2) is 29.9 Å². The van der Waals surface area contributed by atoms with E-state index < -0.39 is 0 Å². The van der Waals surface area contributed by atoms with Crippen molar-refractivity contribution in [3.05, 3.63) is 0 Å². The Morgan fingerprint density at radius 1 is 1.33 bits per heavy atom. The molecule has 0 spiro atoms. The first-order valence-electron chi connectivity index (χ1n) is 6.90. The maximum absolute atomic E-state index is 12.0. The van der Waals surface area contributed by atoms with Crippen LogP contribution in [0.4, 0.5) is 0 Å². The highest BCUT2D eigenvalue weighted by molar-refractivity contribution is 5.85. The third-order valence-corrected chi connectivity index (χ3v) is 4.02. The molecule has 0 aliphatic carbocycles. The van der Waals surface area contributed by atoms with Crippen LogP contribution in [0.3, 0.4) is 0 Å². The van der Waals surface area contributed by atoms with Gasteiger partial charge in [0.05, 0.1) is 6.04 Å². The van der Waals surface area contributed by atoms with Crippen LogP contribution >= 0.6 is 12.4 Å². The van der Waals surface area contributed by atoms with E-state index >= 15 is 0 Å². The highest BCUT2D eigenvalue weighted by Gasteiger charge is 2.29. The summed E-state index contributed by atoms with van der Waals surface area (Å²) in [5.74, 6) is 0.861. The zero-order valence-electron chi connectivity index (χ0n) is 12.2. The van der Waals surface area contributed by atoms with Crippen LogP contribution in [0.2, 0.25) is 0 Å². The largest absolute Gasteiger partial charge is 0.341 e. The molecule has 0 aromatic heterocycles. The molecule has 1 heterocycles. The predicted molar refractivity (Wildman–Crippen MR) is 78.9 cm³/mol. The number of hydrogen-bond donors (Lipinski definition) is 1. The van der Waals surface area contributed by atoms with Gasteiger partial charge in [0.25, 0.3) is 0 Å². The van der Waals surface area contributed by atoms with Crippen LogP contribution in [0.25, 0.3) is 0 Å². The van der Waals surface area contributed by atoms with Crippen LogP contribution < -0.4 is 5.73 Å². The van der Waals surface area contributed by atoms with Gasteiger partial charge in [0.15, 0.2) is 0 Å². The van der Waals surface area contributed by atoms with Crippen molar-refractivity contribution in [2.45, 2.75) is 59.4 Å². The van der Waals surface area contributed by atoms with Gasteiger partial charge in [-0.3, -0.25) is 4.79 Å². The molecule has 0 aromatic rings. The smallest absolute Gasteiger partial charge is 0.239 e. The first kappa shape index (κ1) is 17.7. The Morgan fingerprint density at radius 2 is 1.94 bits per heavy atom. The average Bonchev–Trinajstić information content (AvgIpc) is 2.51. The van der Waals surface area contributed by atoms with E-state index in [1.54, 1.807) is 0 Å². The maximum atomic E-state index is 12.0. The van der Waals surface area contributed by atoms with Gasteiger partial charge < -0.3 is 10.6 Å². The Balaban J connectivity index is 0.00000289. The molecule has 1 amide bonds. The van der Waals surface area contributed by atoms with Crippen molar-refractivity contribution < 1.29 is 4.79 Å². The Kier molecular flexibility index (Phi) is 7.23. The van der Waals surface area contributed by atoms with Crippen molar-refractivity contribution in [1.29, 1.82) is 0 Å². The Hall–Kier alpha value is -0.280. The molecule has 3 nitrogen and oxygen atoms in total. The van der Waals surface area contributed by atoms with Gasteiger partial charge in [-0.25, -0.2) is 0 Å². The van der Waals surface area contributed by atoms with Crippen molar-refractivity contribution in [2.24, 2.45) is 17.1 Å². The molecule has 2 N–H and O–H groups in total. The number of rotatable bonds is 2. The van der Waals surface area contributed by atoms with E-state index in [1.165, 1.54) is 6.42 Å². The molecule has 1 fully saturated rings. The lowest BCUT2D eigenvalue weighted by atomic mass is 9.77. The van der Waals surface area contributed by atoms with Crippen LogP contribution in [0.15, 0.2) is 0 Å². The van der Waals surface area contributed by atoms with E-state index in [-0.39, 0.29) is 24.4 Å². The second-order valence-corrected chi connectivity index (χ2v) is 6.33. The number of carbonyl (C=O) groups excluding carboxylic acids is 1. The first-order valence-corrected chi connectivity index (χ1v) is 6.90. The average molecular weight is 277 g/mol. The highest BCUT2D eigenvalue weighted by Crippen LogP contribution is 2.34. The second kappa shape index (κ2) is 7.34. The molecule has 0 saturated carbocycles. The summed E-state index contributed by atoms with van der Waals surface area (Å²) in [7, 11) is 0. The standard InChI is InChI=1S/C14H28N2O.ClH/c1-5-12(15)13(17)16-9-6-7-11(8-10-16)14(2,3)4;/h11-12H,5-10,15H2,1-4H3;1H/t11?,12-;/m0./s1. The Bertz CT molecular complexity index is 263. The molecular weight excluding hydrogens is 248 g/mol. The van der Waals surface area contributed by atoms with Crippen LogP contribution in [-0.2, 0) is 4.79 Å². The summed E-state index contributed by atoms with van der Waals surface area (Å²) in [5, 5.41) is 0. The van der Waals surface area contributed by atoms with E-state index in [1.807, 2.05) is 11.8 Å². The molecule has 1 aliphatic heterocycles. The number of likely N-dealkylation sites (tertiary alicyclic amines) is 1. The SMILES string of the molecule is CC[C@H](N)C(=O)N1CCCC(C(C)(C)C)CC1.Cl. The maximum Gasteiger partial charge on any atom is 0.239 e. The van der Waals surface area contributed by atoms with Crippen LogP contribution in [0.5, 0.6) is 0 Å². The van der Waals surface area contributed by atoms with Gasteiger partial charge >= 0.3 is 0 Å². The number of amides is 1. The summed E-state index contributed by atoms with van der Waals surface area (Å²) in [4.78, 5) is 14.0. The molecule has 4 heteroatoms. The molecule has 18 heavy (non-hydrogen) atoms. The van der Waals surface area contributed by atoms with Gasteiger partial charge in [-0.05, 0) is 37.0 Å². The van der Waals surface area contributed by atoms with E-state index in [4.69, 9.17) is 5.73 Å². The minimum atomic E-state index is -0.304. The number of halogens is 1. The summed E-state index contributed by atoms with van der Waals surface area (Å²) in [6, 6.07) is -0.304. The minimum absolute atomic E-state index is 0. The molecule has 1 unspecified atom stereocenters. The number of nitrogens with zero attached hydrogens (tertiary/aromatic N) is 1. The Labute approximate surface area is 118 Å². The Morgan fingerprint density at radius 3 is 2.44 bits per heavy atom. The fourth-order valence-electron chi connectivity index (χ4n) is 2.59. The van der Waals surface area contributed by atoms with E-state index in [2.05, 4.69) is 20.8 Å². The van der Waals surface area contributed by atoms with Crippen molar-refractivity contribution >= 4 is 18.3 Å². The van der Waals surface area contributed by atoms with Gasteiger partial charge in [-0.15, -0.1) is 12.4 Å². The fourth-order valence-corrected chi connectivity index (χ4v) is 2.59. The van der Waals surface area contributed by atoms with Crippen molar-refractivity contribution in [3.8, 4) is 0 Å². The summed E-state index contributed by atoms with van der Waals surface area (Å²) in [5.41, 5.74) is 6.18. The van der Waals surface area contributed by atoms with E-state index in [0.29, 0.717) is 5.41 Å². The third-order valence-electron chi connectivity index (χ3n) is 4.02. The molecule has 1 aliphatic rings. The zero-order valence-corrected chi connectivity index (χ0v) is 13.1. The molecule has 2 atom stereocenters. The molecular formula is C14H29ClN2O. The monoisotopic (exact) mass is 276 g/mol. The summed E-state index contributed by atoms with van der Waals surface area (Å²) in [6.45, 7) is 10.6. The third kappa shape index (κ3) is 4.77.